The van der Waals surface area contributed by atoms with Crippen LogP contribution in [0.4, 0.5) is 0 Å². The smallest absolute Gasteiger partial charge is 0.244 e. The highest BCUT2D eigenvalue weighted by Crippen LogP contribution is 2.22. The van der Waals surface area contributed by atoms with Gasteiger partial charge in [0, 0.05) is 26.8 Å². The second-order valence-corrected chi connectivity index (χ2v) is 7.93. The summed E-state index contributed by atoms with van der Waals surface area (Å²) in [5, 5.41) is 2.96. The lowest BCUT2D eigenvalue weighted by Crippen LogP contribution is -2.30. The van der Waals surface area contributed by atoms with Crippen molar-refractivity contribution in [2.45, 2.75) is 22.1 Å². The molecule has 8 heteroatoms. The first-order chi connectivity index (χ1) is 9.78. The van der Waals surface area contributed by atoms with Crippen molar-refractivity contribution in [2.24, 2.45) is 0 Å². The molecule has 1 N–H and O–H groups in total. The first-order valence-corrected chi connectivity index (χ1v) is 8.55. The number of nitrogens with one attached hydrogen (secondary N) is 1. The standard InChI is InChI=1S/C13H19N3O3S2/c1-5-8-14-13(17)10(2)20-12-7-6-11(9-15-12)21(18,19)16(3)4/h5-7,9-10H,1,8H2,2-4H3,(H,14,17). The number of nitrogens with zero attached hydrogens (tertiary/aromatic N) is 2. The van der Waals surface area contributed by atoms with Crippen LogP contribution in [0.3, 0.4) is 0 Å². The van der Waals surface area contributed by atoms with Crippen molar-refractivity contribution in [2.75, 3.05) is 20.6 Å². The zero-order valence-corrected chi connectivity index (χ0v) is 13.9. The van der Waals surface area contributed by atoms with Crippen LogP contribution < -0.4 is 5.32 Å². The molecule has 0 aromatic carbocycles. The maximum absolute atomic E-state index is 11.9. The van der Waals surface area contributed by atoms with Gasteiger partial charge >= 0.3 is 0 Å². The summed E-state index contributed by atoms with van der Waals surface area (Å²) in [4.78, 5) is 15.9. The van der Waals surface area contributed by atoms with E-state index in [1.54, 1.807) is 19.1 Å². The lowest BCUT2D eigenvalue weighted by atomic mass is 10.4. The fourth-order valence-corrected chi connectivity index (χ4v) is 3.01. The van der Waals surface area contributed by atoms with Gasteiger partial charge in [0.15, 0.2) is 0 Å². The monoisotopic (exact) mass is 329 g/mol. The van der Waals surface area contributed by atoms with Crippen LogP contribution in [-0.2, 0) is 14.8 Å². The molecule has 6 nitrogen and oxygen atoms in total. The molecular weight excluding hydrogens is 310 g/mol. The van der Waals surface area contributed by atoms with E-state index in [-0.39, 0.29) is 16.1 Å². The molecule has 1 aromatic rings. The molecule has 1 rings (SSSR count). The van der Waals surface area contributed by atoms with E-state index in [1.807, 2.05) is 0 Å². The Balaban J connectivity index is 2.75. The normalized spacial score (nSPS) is 13.0. The van der Waals surface area contributed by atoms with E-state index in [0.717, 1.165) is 4.31 Å². The number of thioether (sulfide) groups is 1. The van der Waals surface area contributed by atoms with E-state index in [1.165, 1.54) is 38.1 Å². The van der Waals surface area contributed by atoms with Crippen LogP contribution in [0.1, 0.15) is 6.92 Å². The molecule has 21 heavy (non-hydrogen) atoms. The third-order valence-corrected chi connectivity index (χ3v) is 5.42. The van der Waals surface area contributed by atoms with E-state index in [4.69, 9.17) is 0 Å². The van der Waals surface area contributed by atoms with Gasteiger partial charge in [0.1, 0.15) is 4.90 Å². The van der Waals surface area contributed by atoms with E-state index in [9.17, 15) is 13.2 Å². The molecule has 0 saturated carbocycles. The van der Waals surface area contributed by atoms with E-state index in [2.05, 4.69) is 16.9 Å². The van der Waals surface area contributed by atoms with Gasteiger partial charge in [-0.25, -0.2) is 17.7 Å². The van der Waals surface area contributed by atoms with Gasteiger partial charge in [-0.05, 0) is 19.1 Å². The van der Waals surface area contributed by atoms with E-state index >= 15 is 0 Å². The van der Waals surface area contributed by atoms with Crippen molar-refractivity contribution < 1.29 is 13.2 Å². The largest absolute Gasteiger partial charge is 0.352 e. The zero-order chi connectivity index (χ0) is 16.0. The van der Waals surface area contributed by atoms with E-state index < -0.39 is 10.0 Å². The molecule has 0 aliphatic rings. The molecule has 0 aliphatic carbocycles. The fraction of sp³-hybridized carbons (Fsp3) is 0.385. The predicted molar refractivity (Wildman–Crippen MR) is 83.6 cm³/mol. The molecule has 1 atom stereocenters. The molecule has 0 bridgehead atoms. The molecule has 1 aromatic heterocycles. The van der Waals surface area contributed by atoms with Crippen LogP contribution in [0.2, 0.25) is 0 Å². The van der Waals surface area contributed by atoms with Crippen LogP contribution in [0, 0.1) is 0 Å². The lowest BCUT2D eigenvalue weighted by Gasteiger charge is -2.12. The van der Waals surface area contributed by atoms with Gasteiger partial charge in [0.25, 0.3) is 0 Å². The number of rotatable bonds is 7. The number of carbonyl (C=O) groups excluding carboxylic acids is 1. The second-order valence-electron chi connectivity index (χ2n) is 4.41. The average molecular weight is 329 g/mol. The lowest BCUT2D eigenvalue weighted by molar-refractivity contribution is -0.120. The van der Waals surface area contributed by atoms with Crippen molar-refractivity contribution in [1.82, 2.24) is 14.6 Å². The minimum Gasteiger partial charge on any atom is -0.352 e. The van der Waals surface area contributed by atoms with Crippen LogP contribution in [0.5, 0.6) is 0 Å². The first kappa shape index (κ1) is 17.7. The summed E-state index contributed by atoms with van der Waals surface area (Å²) in [5.41, 5.74) is 0. The highest BCUT2D eigenvalue weighted by Gasteiger charge is 2.18. The molecule has 0 aliphatic heterocycles. The number of aromatic nitrogens is 1. The highest BCUT2D eigenvalue weighted by atomic mass is 32.2. The molecule has 116 valence electrons. The number of amides is 1. The van der Waals surface area contributed by atoms with Crippen LogP contribution >= 0.6 is 11.8 Å². The first-order valence-electron chi connectivity index (χ1n) is 6.23. The van der Waals surface area contributed by atoms with Crippen molar-refractivity contribution in [3.63, 3.8) is 0 Å². The Morgan fingerprint density at radius 3 is 2.67 bits per heavy atom. The minimum atomic E-state index is -3.48. The summed E-state index contributed by atoms with van der Waals surface area (Å²) in [5.74, 6) is -0.119. The molecule has 1 amide bonds. The average Bonchev–Trinajstić information content (AvgIpc) is 2.45. The van der Waals surface area contributed by atoms with Crippen molar-refractivity contribution in [1.29, 1.82) is 0 Å². The van der Waals surface area contributed by atoms with Crippen LogP contribution in [-0.4, -0.2) is 49.5 Å². The molecule has 1 heterocycles. The summed E-state index contributed by atoms with van der Waals surface area (Å²) in [6.07, 6.45) is 2.90. The Kier molecular flexibility index (Phi) is 6.38. The number of pyridine rings is 1. The summed E-state index contributed by atoms with van der Waals surface area (Å²) in [7, 11) is -0.555. The molecule has 0 fully saturated rings. The maximum Gasteiger partial charge on any atom is 0.244 e. The summed E-state index contributed by atoms with van der Waals surface area (Å²) < 4.78 is 24.9. The predicted octanol–water partition coefficient (Wildman–Crippen LogP) is 1.11. The number of sulfonamides is 1. The van der Waals surface area contributed by atoms with Crippen molar-refractivity contribution in [3.8, 4) is 0 Å². The number of hydrogen-bond donors (Lipinski definition) is 1. The fourth-order valence-electron chi connectivity index (χ4n) is 1.35. The summed E-state index contributed by atoms with van der Waals surface area (Å²) in [6, 6.07) is 3.08. The van der Waals surface area contributed by atoms with Crippen molar-refractivity contribution >= 4 is 27.7 Å². The molecule has 0 radical (unpaired) electrons. The van der Waals surface area contributed by atoms with Gasteiger partial charge < -0.3 is 5.32 Å². The summed E-state index contributed by atoms with van der Waals surface area (Å²) >= 11 is 1.26. The Morgan fingerprint density at radius 2 is 2.19 bits per heavy atom. The van der Waals surface area contributed by atoms with Gasteiger partial charge in [0.2, 0.25) is 15.9 Å². The number of hydrogen-bond acceptors (Lipinski definition) is 5. The number of carbonyl (C=O) groups is 1. The van der Waals surface area contributed by atoms with Crippen LogP contribution in [0.15, 0.2) is 40.9 Å². The van der Waals surface area contributed by atoms with Gasteiger partial charge in [-0.2, -0.15) is 0 Å². The molecular formula is C13H19N3O3S2. The van der Waals surface area contributed by atoms with Gasteiger partial charge in [-0.3, -0.25) is 4.79 Å². The minimum absolute atomic E-state index is 0.119. The highest BCUT2D eigenvalue weighted by molar-refractivity contribution is 8.00. The summed E-state index contributed by atoms with van der Waals surface area (Å²) in [6.45, 7) is 5.70. The molecule has 1 unspecified atom stereocenters. The van der Waals surface area contributed by atoms with Crippen LogP contribution in [0.25, 0.3) is 0 Å². The Bertz CT molecular complexity index is 598. The zero-order valence-electron chi connectivity index (χ0n) is 12.2. The SMILES string of the molecule is C=CCNC(=O)C(C)Sc1ccc(S(=O)(=O)N(C)C)cn1. The third kappa shape index (κ3) is 4.83. The maximum atomic E-state index is 11.9. The Hall–Kier alpha value is -1.38. The Labute approximate surface area is 129 Å². The van der Waals surface area contributed by atoms with E-state index in [0.29, 0.717) is 11.6 Å². The van der Waals surface area contributed by atoms with Gasteiger partial charge in [0.05, 0.1) is 10.3 Å². The third-order valence-electron chi connectivity index (χ3n) is 2.58. The van der Waals surface area contributed by atoms with Crippen molar-refractivity contribution in [3.05, 3.63) is 31.0 Å². The second kappa shape index (κ2) is 7.58. The molecule has 0 spiro atoms. The topological polar surface area (TPSA) is 79.4 Å². The quantitative estimate of drug-likeness (QED) is 0.599. The van der Waals surface area contributed by atoms with Gasteiger partial charge in [-0.15, -0.1) is 6.58 Å². The Morgan fingerprint density at radius 1 is 1.52 bits per heavy atom. The van der Waals surface area contributed by atoms with Gasteiger partial charge in [-0.1, -0.05) is 17.8 Å². The molecule has 0 saturated heterocycles.